The maximum atomic E-state index is 10.8. The fraction of sp³-hybridized carbons (Fsp3) is 0.231. The number of ether oxygens (including phenoxy) is 1. The topological polar surface area (TPSA) is 64.4 Å². The van der Waals surface area contributed by atoms with Gasteiger partial charge in [0, 0.05) is 26.9 Å². The molecule has 0 aliphatic rings. The van der Waals surface area contributed by atoms with E-state index in [1.807, 2.05) is 18.4 Å². The summed E-state index contributed by atoms with van der Waals surface area (Å²) in [6.45, 7) is 2.00. The third-order valence-electron chi connectivity index (χ3n) is 2.78. The highest BCUT2D eigenvalue weighted by Gasteiger charge is 2.15. The molecule has 20 heavy (non-hydrogen) atoms. The Kier molecular flexibility index (Phi) is 4.61. The molecule has 2 aromatic rings. The lowest BCUT2D eigenvalue weighted by atomic mass is 10.2. The lowest BCUT2D eigenvalue weighted by Crippen LogP contribution is -2.06. The van der Waals surface area contributed by atoms with Crippen LogP contribution >= 0.6 is 27.3 Å². The Labute approximate surface area is 128 Å². The summed E-state index contributed by atoms with van der Waals surface area (Å²) in [5.74, 6) is 0.582. The molecule has 0 fully saturated rings. The number of nitro groups is 1. The van der Waals surface area contributed by atoms with E-state index in [-0.39, 0.29) is 11.7 Å². The van der Waals surface area contributed by atoms with Gasteiger partial charge in [-0.25, -0.2) is 0 Å². The minimum atomic E-state index is -0.420. The monoisotopic (exact) mass is 356 g/mol. The Morgan fingerprint density at radius 1 is 1.45 bits per heavy atom. The molecule has 106 valence electrons. The fourth-order valence-corrected chi connectivity index (χ4v) is 3.24. The smallest absolute Gasteiger partial charge is 0.271 e. The molecule has 0 saturated heterocycles. The summed E-state index contributed by atoms with van der Waals surface area (Å²) in [5.41, 5.74) is 0.645. The number of non-ortho nitro benzene ring substituents is 1. The van der Waals surface area contributed by atoms with E-state index in [9.17, 15) is 10.1 Å². The van der Waals surface area contributed by atoms with Gasteiger partial charge in [-0.15, -0.1) is 11.3 Å². The molecule has 1 N–H and O–H groups in total. The first-order valence-corrected chi connectivity index (χ1v) is 7.51. The summed E-state index contributed by atoms with van der Waals surface area (Å²) in [5, 5.41) is 16.1. The Morgan fingerprint density at radius 3 is 2.75 bits per heavy atom. The number of thiophene rings is 1. The van der Waals surface area contributed by atoms with Crippen molar-refractivity contribution in [1.29, 1.82) is 0 Å². The van der Waals surface area contributed by atoms with Crippen LogP contribution in [0.25, 0.3) is 0 Å². The van der Waals surface area contributed by atoms with Gasteiger partial charge in [0.15, 0.2) is 0 Å². The molecular formula is C13H13BrN2O3S. The zero-order valence-electron chi connectivity index (χ0n) is 10.9. The largest absolute Gasteiger partial charge is 0.495 e. The van der Waals surface area contributed by atoms with E-state index in [1.165, 1.54) is 12.1 Å². The second-order valence-corrected chi connectivity index (χ2v) is 6.03. The minimum absolute atomic E-state index is 0.0298. The van der Waals surface area contributed by atoms with Crippen LogP contribution in [0, 0.1) is 10.1 Å². The zero-order valence-corrected chi connectivity index (χ0v) is 13.3. The van der Waals surface area contributed by atoms with E-state index in [0.29, 0.717) is 11.4 Å². The molecule has 0 aliphatic carbocycles. The molecule has 0 saturated carbocycles. The predicted octanol–water partition coefficient (Wildman–Crippen LogP) is 4.60. The molecule has 1 atom stereocenters. The van der Waals surface area contributed by atoms with Gasteiger partial charge in [-0.1, -0.05) is 0 Å². The van der Waals surface area contributed by atoms with Gasteiger partial charge in [-0.3, -0.25) is 10.1 Å². The number of benzene rings is 1. The predicted molar refractivity (Wildman–Crippen MR) is 83.7 cm³/mol. The Bertz CT molecular complexity index is 630. The highest BCUT2D eigenvalue weighted by atomic mass is 79.9. The molecule has 1 aromatic carbocycles. The van der Waals surface area contributed by atoms with Gasteiger partial charge in [0.1, 0.15) is 5.75 Å². The van der Waals surface area contributed by atoms with Gasteiger partial charge in [0.25, 0.3) is 5.69 Å². The lowest BCUT2D eigenvalue weighted by Gasteiger charge is -2.16. The average Bonchev–Trinajstić information content (AvgIpc) is 2.85. The fourth-order valence-electron chi connectivity index (χ4n) is 1.78. The molecule has 0 radical (unpaired) electrons. The van der Waals surface area contributed by atoms with Crippen molar-refractivity contribution in [2.75, 3.05) is 12.4 Å². The Morgan fingerprint density at radius 2 is 2.20 bits per heavy atom. The first kappa shape index (κ1) is 14.8. The van der Waals surface area contributed by atoms with Crippen LogP contribution in [-0.2, 0) is 0 Å². The summed E-state index contributed by atoms with van der Waals surface area (Å²) in [6, 6.07) is 6.56. The average molecular weight is 357 g/mol. The van der Waals surface area contributed by atoms with Crippen molar-refractivity contribution >= 4 is 38.6 Å². The number of nitrogens with zero attached hydrogens (tertiary/aromatic N) is 1. The molecule has 1 unspecified atom stereocenters. The first-order chi connectivity index (χ1) is 9.51. The van der Waals surface area contributed by atoms with E-state index in [0.717, 1.165) is 9.35 Å². The molecule has 0 aliphatic heterocycles. The maximum Gasteiger partial charge on any atom is 0.271 e. The quantitative estimate of drug-likeness (QED) is 0.627. The molecule has 1 aromatic heterocycles. The molecule has 2 rings (SSSR count). The number of halogens is 1. The lowest BCUT2D eigenvalue weighted by molar-refractivity contribution is -0.384. The maximum absolute atomic E-state index is 10.8. The minimum Gasteiger partial charge on any atom is -0.495 e. The van der Waals surface area contributed by atoms with Crippen molar-refractivity contribution in [3.8, 4) is 5.75 Å². The molecule has 7 heteroatoms. The third kappa shape index (κ3) is 3.29. The van der Waals surface area contributed by atoms with Gasteiger partial charge in [0.05, 0.1) is 23.8 Å². The number of anilines is 1. The van der Waals surface area contributed by atoms with Crippen molar-refractivity contribution in [2.24, 2.45) is 0 Å². The molecule has 1 heterocycles. The molecule has 0 spiro atoms. The van der Waals surface area contributed by atoms with Gasteiger partial charge in [-0.05, 0) is 35.0 Å². The van der Waals surface area contributed by atoms with Gasteiger partial charge >= 0.3 is 0 Å². The van der Waals surface area contributed by atoms with Crippen LogP contribution in [0.4, 0.5) is 11.4 Å². The number of hydrogen-bond donors (Lipinski definition) is 1. The van der Waals surface area contributed by atoms with Crippen LogP contribution in [0.5, 0.6) is 5.75 Å². The summed E-state index contributed by atoms with van der Waals surface area (Å²) < 4.78 is 6.26. The highest BCUT2D eigenvalue weighted by Crippen LogP contribution is 2.33. The van der Waals surface area contributed by atoms with E-state index in [4.69, 9.17) is 4.74 Å². The first-order valence-electron chi connectivity index (χ1n) is 5.84. The van der Waals surface area contributed by atoms with Crippen LogP contribution in [0.2, 0.25) is 0 Å². The summed E-state index contributed by atoms with van der Waals surface area (Å²) >= 11 is 5.03. The normalized spacial score (nSPS) is 11.9. The highest BCUT2D eigenvalue weighted by molar-refractivity contribution is 9.10. The Hall–Kier alpha value is -1.60. The Balaban J connectivity index is 2.27. The van der Waals surface area contributed by atoms with E-state index < -0.39 is 4.92 Å². The number of methoxy groups -OCH3 is 1. The number of nitrogens with one attached hydrogen (secondary N) is 1. The van der Waals surface area contributed by atoms with E-state index >= 15 is 0 Å². The van der Waals surface area contributed by atoms with Crippen molar-refractivity contribution in [3.05, 3.63) is 49.1 Å². The number of hydrogen-bond acceptors (Lipinski definition) is 5. The van der Waals surface area contributed by atoms with Crippen molar-refractivity contribution in [3.63, 3.8) is 0 Å². The van der Waals surface area contributed by atoms with E-state index in [2.05, 4.69) is 21.2 Å². The van der Waals surface area contributed by atoms with Crippen molar-refractivity contribution < 1.29 is 9.66 Å². The van der Waals surface area contributed by atoms with Gasteiger partial charge < -0.3 is 10.1 Å². The number of nitro benzene ring substituents is 1. The van der Waals surface area contributed by atoms with Crippen LogP contribution < -0.4 is 10.1 Å². The summed E-state index contributed by atoms with van der Waals surface area (Å²) in [6.07, 6.45) is 0. The second-order valence-electron chi connectivity index (χ2n) is 4.18. The van der Waals surface area contributed by atoms with E-state index in [1.54, 1.807) is 24.5 Å². The van der Waals surface area contributed by atoms with Crippen LogP contribution in [-0.4, -0.2) is 12.0 Å². The molecular weight excluding hydrogens is 344 g/mol. The van der Waals surface area contributed by atoms with Gasteiger partial charge in [-0.2, -0.15) is 0 Å². The molecule has 0 bridgehead atoms. The summed E-state index contributed by atoms with van der Waals surface area (Å²) in [7, 11) is 1.54. The zero-order chi connectivity index (χ0) is 14.7. The SMILES string of the molecule is COc1ccc([N+](=O)[O-])cc1NC(C)c1cc(Br)cs1. The molecule has 5 nitrogen and oxygen atoms in total. The van der Waals surface area contributed by atoms with Crippen molar-refractivity contribution in [2.45, 2.75) is 13.0 Å². The van der Waals surface area contributed by atoms with Crippen LogP contribution in [0.3, 0.4) is 0 Å². The van der Waals surface area contributed by atoms with Crippen LogP contribution in [0.15, 0.2) is 34.1 Å². The summed E-state index contributed by atoms with van der Waals surface area (Å²) in [4.78, 5) is 11.6. The standard InChI is InChI=1S/C13H13BrN2O3S/c1-8(13-5-9(14)7-20-13)15-11-6-10(16(17)18)3-4-12(11)19-2/h3-8,15H,1-2H3. The van der Waals surface area contributed by atoms with Crippen LogP contribution in [0.1, 0.15) is 17.8 Å². The number of rotatable bonds is 5. The van der Waals surface area contributed by atoms with Crippen molar-refractivity contribution in [1.82, 2.24) is 0 Å². The second kappa shape index (κ2) is 6.23. The van der Waals surface area contributed by atoms with Gasteiger partial charge in [0.2, 0.25) is 0 Å². The third-order valence-corrected chi connectivity index (χ3v) is 4.66. The molecule has 0 amide bonds.